The van der Waals surface area contributed by atoms with Crippen LogP contribution in [0.15, 0.2) is 18.2 Å². The Morgan fingerprint density at radius 1 is 1.32 bits per heavy atom. The van der Waals surface area contributed by atoms with Crippen LogP contribution in [-0.2, 0) is 9.84 Å². The molecule has 0 radical (unpaired) electrons. The van der Waals surface area contributed by atoms with Gasteiger partial charge in [-0.25, -0.2) is 8.42 Å². The summed E-state index contributed by atoms with van der Waals surface area (Å²) in [4.78, 5) is 0. The molecule has 1 aromatic carbocycles. The van der Waals surface area contributed by atoms with Gasteiger partial charge in [0.25, 0.3) is 0 Å². The minimum Gasteiger partial charge on any atom is -0.387 e. The summed E-state index contributed by atoms with van der Waals surface area (Å²) in [6.07, 6.45) is -1.12. The predicted molar refractivity (Wildman–Crippen MR) is 72.7 cm³/mol. The summed E-state index contributed by atoms with van der Waals surface area (Å²) >= 11 is 11.7. The Bertz CT molecular complexity index is 633. The molecule has 2 unspecified atom stereocenters. The molecule has 1 fully saturated rings. The third-order valence-corrected chi connectivity index (χ3v) is 5.50. The summed E-state index contributed by atoms with van der Waals surface area (Å²) < 4.78 is 23.1. The molecule has 1 aromatic rings. The molecule has 1 saturated heterocycles. The first-order valence-corrected chi connectivity index (χ1v) is 8.11. The summed E-state index contributed by atoms with van der Waals surface area (Å²) in [5, 5.41) is 20.3. The number of rotatable bonds is 2. The van der Waals surface area contributed by atoms with Crippen LogP contribution in [0.1, 0.15) is 18.1 Å². The summed E-state index contributed by atoms with van der Waals surface area (Å²) in [6, 6.07) is 6.44. The van der Waals surface area contributed by atoms with E-state index in [9.17, 15) is 18.8 Å². The smallest absolute Gasteiger partial charge is 0.152 e. The monoisotopic (exact) mass is 319 g/mol. The van der Waals surface area contributed by atoms with Gasteiger partial charge in [-0.05, 0) is 30.2 Å². The Kier molecular flexibility index (Phi) is 3.80. The van der Waals surface area contributed by atoms with Crippen molar-refractivity contribution >= 4 is 33.0 Å². The Hall–Kier alpha value is -0.800. The van der Waals surface area contributed by atoms with Crippen LogP contribution in [0, 0.1) is 16.7 Å². The van der Waals surface area contributed by atoms with Crippen molar-refractivity contribution in [1.82, 2.24) is 0 Å². The van der Waals surface area contributed by atoms with E-state index in [1.54, 1.807) is 0 Å². The number of hydrogen-bond donors (Lipinski definition) is 1. The van der Waals surface area contributed by atoms with Gasteiger partial charge in [0.2, 0.25) is 0 Å². The van der Waals surface area contributed by atoms with E-state index in [1.807, 2.05) is 6.07 Å². The average molecular weight is 320 g/mol. The lowest BCUT2D eigenvalue weighted by atomic mass is 9.80. The van der Waals surface area contributed by atoms with E-state index in [2.05, 4.69) is 0 Å². The molecule has 7 heteroatoms. The highest BCUT2D eigenvalue weighted by molar-refractivity contribution is 7.91. The van der Waals surface area contributed by atoms with Gasteiger partial charge in [0.1, 0.15) is 5.41 Å². The summed E-state index contributed by atoms with van der Waals surface area (Å²) in [7, 11) is -3.29. The van der Waals surface area contributed by atoms with E-state index in [-0.39, 0.29) is 17.9 Å². The second kappa shape index (κ2) is 4.95. The van der Waals surface area contributed by atoms with Crippen molar-refractivity contribution in [2.24, 2.45) is 5.41 Å². The number of benzene rings is 1. The molecule has 0 aliphatic carbocycles. The molecule has 19 heavy (non-hydrogen) atoms. The predicted octanol–water partition coefficient (Wildman–Crippen LogP) is 2.36. The number of aliphatic hydroxyl groups is 1. The molecule has 0 aromatic heterocycles. The molecule has 1 heterocycles. The molecule has 0 amide bonds. The van der Waals surface area contributed by atoms with Crippen molar-refractivity contribution in [3.63, 3.8) is 0 Å². The first-order chi connectivity index (χ1) is 8.78. The maximum atomic E-state index is 11.6. The van der Waals surface area contributed by atoms with Gasteiger partial charge in [0.05, 0.1) is 23.7 Å². The van der Waals surface area contributed by atoms with Crippen LogP contribution in [0.25, 0.3) is 0 Å². The zero-order chi connectivity index (χ0) is 14.3. The van der Waals surface area contributed by atoms with Crippen molar-refractivity contribution in [3.8, 4) is 6.07 Å². The Labute approximate surface area is 121 Å². The van der Waals surface area contributed by atoms with Crippen LogP contribution in [0.4, 0.5) is 0 Å². The fourth-order valence-electron chi connectivity index (χ4n) is 2.29. The summed E-state index contributed by atoms with van der Waals surface area (Å²) in [5.74, 6) is -0.437. The number of nitriles is 1. The molecule has 1 N–H and O–H groups in total. The normalized spacial score (nSPS) is 26.8. The van der Waals surface area contributed by atoms with E-state index in [1.165, 1.54) is 18.2 Å². The molecular weight excluding hydrogens is 309 g/mol. The van der Waals surface area contributed by atoms with Crippen LogP contribution in [0.2, 0.25) is 10.0 Å². The van der Waals surface area contributed by atoms with E-state index in [0.717, 1.165) is 0 Å². The van der Waals surface area contributed by atoms with Gasteiger partial charge in [-0.15, -0.1) is 0 Å². The Morgan fingerprint density at radius 3 is 2.32 bits per heavy atom. The lowest BCUT2D eigenvalue weighted by molar-refractivity contribution is 0.0793. The molecule has 2 atom stereocenters. The van der Waals surface area contributed by atoms with Crippen molar-refractivity contribution in [1.29, 1.82) is 5.26 Å². The molecule has 0 spiro atoms. The number of sulfone groups is 1. The number of hydrogen-bond acceptors (Lipinski definition) is 4. The zero-order valence-electron chi connectivity index (χ0n) is 9.81. The van der Waals surface area contributed by atoms with Crippen molar-refractivity contribution in [2.45, 2.75) is 12.5 Å². The highest BCUT2D eigenvalue weighted by atomic mass is 35.5. The van der Waals surface area contributed by atoms with Crippen LogP contribution >= 0.6 is 23.2 Å². The van der Waals surface area contributed by atoms with Gasteiger partial charge in [0.15, 0.2) is 9.84 Å². The molecule has 0 saturated carbocycles. The van der Waals surface area contributed by atoms with Crippen molar-refractivity contribution in [2.75, 3.05) is 11.5 Å². The van der Waals surface area contributed by atoms with Crippen LogP contribution in [-0.4, -0.2) is 25.0 Å². The van der Waals surface area contributed by atoms with Gasteiger partial charge in [-0.1, -0.05) is 23.2 Å². The molecule has 102 valence electrons. The Balaban J connectivity index is 2.43. The number of halogens is 2. The fraction of sp³-hybridized carbons (Fsp3) is 0.417. The maximum Gasteiger partial charge on any atom is 0.152 e. The highest BCUT2D eigenvalue weighted by Crippen LogP contribution is 2.43. The first kappa shape index (κ1) is 14.6. The van der Waals surface area contributed by atoms with Crippen molar-refractivity contribution < 1.29 is 13.5 Å². The SMILES string of the molecule is N#CC1(C(O)c2cc(Cl)cc(Cl)c2)CCS(=O)(=O)C1. The largest absolute Gasteiger partial charge is 0.387 e. The molecule has 4 nitrogen and oxygen atoms in total. The standard InChI is InChI=1S/C12H11Cl2NO3S/c13-9-3-8(4-10(14)5-9)11(16)12(6-15)1-2-19(17,18)7-12/h3-5,11,16H,1-2,7H2. The highest BCUT2D eigenvalue weighted by Gasteiger charge is 2.48. The molecule has 1 aliphatic rings. The zero-order valence-corrected chi connectivity index (χ0v) is 12.1. The minimum atomic E-state index is -3.29. The number of nitrogens with zero attached hydrogens (tertiary/aromatic N) is 1. The third-order valence-electron chi connectivity index (χ3n) is 3.28. The molecule has 1 aliphatic heterocycles. The topological polar surface area (TPSA) is 78.2 Å². The number of aliphatic hydroxyl groups excluding tert-OH is 1. The van der Waals surface area contributed by atoms with Gasteiger partial charge in [-0.2, -0.15) is 5.26 Å². The first-order valence-electron chi connectivity index (χ1n) is 5.54. The van der Waals surface area contributed by atoms with Gasteiger partial charge in [0, 0.05) is 10.0 Å². The quantitative estimate of drug-likeness (QED) is 0.907. The van der Waals surface area contributed by atoms with E-state index in [0.29, 0.717) is 15.6 Å². The second-order valence-corrected chi connectivity index (χ2v) is 7.77. The van der Waals surface area contributed by atoms with Crippen molar-refractivity contribution in [3.05, 3.63) is 33.8 Å². The summed E-state index contributed by atoms with van der Waals surface area (Å²) in [5.41, 5.74) is -0.969. The summed E-state index contributed by atoms with van der Waals surface area (Å²) in [6.45, 7) is 0. The third kappa shape index (κ3) is 2.87. The lowest BCUT2D eigenvalue weighted by Crippen LogP contribution is -2.28. The second-order valence-electron chi connectivity index (χ2n) is 4.72. The van der Waals surface area contributed by atoms with E-state index in [4.69, 9.17) is 23.2 Å². The average Bonchev–Trinajstić information content (AvgIpc) is 2.64. The maximum absolute atomic E-state index is 11.6. The van der Waals surface area contributed by atoms with Gasteiger partial charge < -0.3 is 5.11 Å². The van der Waals surface area contributed by atoms with Crippen LogP contribution in [0.3, 0.4) is 0 Å². The van der Waals surface area contributed by atoms with Crippen LogP contribution < -0.4 is 0 Å². The van der Waals surface area contributed by atoms with E-state index >= 15 is 0 Å². The molecule has 2 rings (SSSR count). The molecular formula is C12H11Cl2NO3S. The van der Waals surface area contributed by atoms with Crippen LogP contribution in [0.5, 0.6) is 0 Å². The van der Waals surface area contributed by atoms with Gasteiger partial charge in [-0.3, -0.25) is 0 Å². The fourth-order valence-corrected chi connectivity index (χ4v) is 4.81. The minimum absolute atomic E-state index is 0.0914. The van der Waals surface area contributed by atoms with Gasteiger partial charge >= 0.3 is 0 Å². The van der Waals surface area contributed by atoms with E-state index < -0.39 is 21.4 Å². The molecule has 0 bridgehead atoms. The lowest BCUT2D eigenvalue weighted by Gasteiger charge is -2.26. The Morgan fingerprint density at radius 2 is 1.89 bits per heavy atom.